The lowest BCUT2D eigenvalue weighted by atomic mass is 10.1. The maximum Gasteiger partial charge on any atom is 0.271 e. The van der Waals surface area contributed by atoms with Gasteiger partial charge in [0.2, 0.25) is 5.91 Å². The molecule has 2 amide bonds. The van der Waals surface area contributed by atoms with E-state index in [-0.39, 0.29) is 12.3 Å². The summed E-state index contributed by atoms with van der Waals surface area (Å²) in [5, 5.41) is 0.957. The number of carbonyl (C=O) groups excluding carboxylic acids is 2. The first-order chi connectivity index (χ1) is 10.6. The van der Waals surface area contributed by atoms with Gasteiger partial charge in [0.15, 0.2) is 0 Å². The first-order valence-corrected chi connectivity index (χ1v) is 7.40. The van der Waals surface area contributed by atoms with E-state index in [0.29, 0.717) is 22.0 Å². The van der Waals surface area contributed by atoms with Crippen LogP contribution >= 0.6 is 23.2 Å². The van der Waals surface area contributed by atoms with Gasteiger partial charge in [0.05, 0.1) is 10.6 Å². The Morgan fingerprint density at radius 3 is 2.45 bits per heavy atom. The number of nitrogens with one attached hydrogen (secondary N) is 2. The van der Waals surface area contributed by atoms with E-state index in [2.05, 4.69) is 10.9 Å². The molecular weight excluding hydrogens is 323 g/mol. The molecule has 0 spiro atoms. The molecule has 2 aromatic rings. The van der Waals surface area contributed by atoms with Crippen molar-refractivity contribution >= 4 is 35.0 Å². The molecule has 0 unspecified atom stereocenters. The lowest BCUT2D eigenvalue weighted by Crippen LogP contribution is -2.41. The molecule has 0 aliphatic heterocycles. The fraction of sp³-hybridized carbons (Fsp3) is 0.125. The van der Waals surface area contributed by atoms with Crippen LogP contribution in [-0.4, -0.2) is 11.8 Å². The standard InChI is InChI=1S/C16H14Cl2N2O2/c17-12-5-3-4-11(10-12)8-9-15(21)19-20-16(22)13-6-1-2-7-14(13)18/h1-7,10H,8-9H2,(H,19,21)(H,20,22). The average Bonchev–Trinajstić information content (AvgIpc) is 2.51. The molecule has 0 bridgehead atoms. The van der Waals surface area contributed by atoms with E-state index in [4.69, 9.17) is 23.2 Å². The van der Waals surface area contributed by atoms with Gasteiger partial charge in [-0.1, -0.05) is 47.5 Å². The SMILES string of the molecule is O=C(CCc1cccc(Cl)c1)NNC(=O)c1ccccc1Cl. The maximum atomic E-state index is 11.9. The summed E-state index contributed by atoms with van der Waals surface area (Å²) in [6, 6.07) is 13.9. The summed E-state index contributed by atoms with van der Waals surface area (Å²) in [7, 11) is 0. The minimum atomic E-state index is -0.457. The van der Waals surface area contributed by atoms with Gasteiger partial charge in [-0.05, 0) is 36.2 Å². The highest BCUT2D eigenvalue weighted by Crippen LogP contribution is 2.14. The van der Waals surface area contributed by atoms with Crippen LogP contribution in [0.25, 0.3) is 0 Å². The van der Waals surface area contributed by atoms with E-state index in [1.165, 1.54) is 0 Å². The molecule has 0 aromatic heterocycles. The molecule has 0 fully saturated rings. The summed E-state index contributed by atoms with van der Waals surface area (Å²) >= 11 is 11.8. The zero-order valence-electron chi connectivity index (χ0n) is 11.6. The van der Waals surface area contributed by atoms with Crippen molar-refractivity contribution in [2.45, 2.75) is 12.8 Å². The van der Waals surface area contributed by atoms with Crippen LogP contribution in [0.1, 0.15) is 22.3 Å². The van der Waals surface area contributed by atoms with Gasteiger partial charge in [-0.3, -0.25) is 20.4 Å². The van der Waals surface area contributed by atoms with Crippen LogP contribution in [-0.2, 0) is 11.2 Å². The van der Waals surface area contributed by atoms with Gasteiger partial charge < -0.3 is 0 Å². The van der Waals surface area contributed by atoms with Crippen LogP contribution < -0.4 is 10.9 Å². The average molecular weight is 337 g/mol. The monoisotopic (exact) mass is 336 g/mol. The number of hydrogen-bond acceptors (Lipinski definition) is 2. The minimum absolute atomic E-state index is 0.239. The third-order valence-corrected chi connectivity index (χ3v) is 3.53. The predicted molar refractivity (Wildman–Crippen MR) is 86.8 cm³/mol. The molecule has 0 aliphatic carbocycles. The summed E-state index contributed by atoms with van der Waals surface area (Å²) in [6.45, 7) is 0. The highest BCUT2D eigenvalue weighted by Gasteiger charge is 2.10. The number of carbonyl (C=O) groups is 2. The molecule has 2 rings (SSSR count). The fourth-order valence-electron chi connectivity index (χ4n) is 1.85. The third kappa shape index (κ3) is 4.76. The third-order valence-electron chi connectivity index (χ3n) is 2.96. The number of rotatable bonds is 4. The number of hydrazine groups is 1. The van der Waals surface area contributed by atoms with E-state index >= 15 is 0 Å². The molecule has 22 heavy (non-hydrogen) atoms. The van der Waals surface area contributed by atoms with Gasteiger partial charge in [0, 0.05) is 11.4 Å². The number of halogens is 2. The van der Waals surface area contributed by atoms with Crippen molar-refractivity contribution < 1.29 is 9.59 Å². The van der Waals surface area contributed by atoms with E-state index in [1.807, 2.05) is 12.1 Å². The first-order valence-electron chi connectivity index (χ1n) is 6.64. The Hall–Kier alpha value is -2.04. The second-order valence-corrected chi connectivity index (χ2v) is 5.46. The van der Waals surface area contributed by atoms with Gasteiger partial charge in [-0.25, -0.2) is 0 Å². The van der Waals surface area contributed by atoms with E-state index in [9.17, 15) is 9.59 Å². The second kappa shape index (κ2) is 7.82. The summed E-state index contributed by atoms with van der Waals surface area (Å²) in [6.07, 6.45) is 0.775. The van der Waals surface area contributed by atoms with Gasteiger partial charge in [0.1, 0.15) is 0 Å². The molecule has 4 nitrogen and oxygen atoms in total. The fourth-order valence-corrected chi connectivity index (χ4v) is 2.29. The quantitative estimate of drug-likeness (QED) is 0.841. The highest BCUT2D eigenvalue weighted by molar-refractivity contribution is 6.33. The lowest BCUT2D eigenvalue weighted by Gasteiger charge is -2.08. The lowest BCUT2D eigenvalue weighted by molar-refractivity contribution is -0.121. The topological polar surface area (TPSA) is 58.2 Å². The molecule has 0 aliphatic rings. The number of hydrogen-bond donors (Lipinski definition) is 2. The Morgan fingerprint density at radius 2 is 1.73 bits per heavy atom. The largest absolute Gasteiger partial charge is 0.273 e. The predicted octanol–water partition coefficient (Wildman–Crippen LogP) is 3.39. The normalized spacial score (nSPS) is 10.1. The number of benzene rings is 2. The molecule has 6 heteroatoms. The van der Waals surface area contributed by atoms with E-state index in [0.717, 1.165) is 5.56 Å². The Balaban J connectivity index is 1.81. The van der Waals surface area contributed by atoms with Crippen molar-refractivity contribution in [1.29, 1.82) is 0 Å². The molecule has 2 aromatic carbocycles. The second-order valence-electron chi connectivity index (χ2n) is 4.61. The van der Waals surface area contributed by atoms with Crippen LogP contribution in [0.4, 0.5) is 0 Å². The van der Waals surface area contributed by atoms with Crippen molar-refractivity contribution in [3.05, 3.63) is 69.7 Å². The number of amides is 2. The highest BCUT2D eigenvalue weighted by atomic mass is 35.5. The Kier molecular flexibility index (Phi) is 5.81. The van der Waals surface area contributed by atoms with E-state index < -0.39 is 5.91 Å². The van der Waals surface area contributed by atoms with Crippen molar-refractivity contribution in [1.82, 2.24) is 10.9 Å². The van der Waals surface area contributed by atoms with Gasteiger partial charge >= 0.3 is 0 Å². The Morgan fingerprint density at radius 1 is 0.955 bits per heavy atom. The zero-order valence-corrected chi connectivity index (χ0v) is 13.1. The molecule has 114 valence electrons. The van der Waals surface area contributed by atoms with Crippen molar-refractivity contribution in [2.75, 3.05) is 0 Å². The molecule has 2 N–H and O–H groups in total. The van der Waals surface area contributed by atoms with E-state index in [1.54, 1.807) is 36.4 Å². The van der Waals surface area contributed by atoms with Gasteiger partial charge in [0.25, 0.3) is 5.91 Å². The van der Waals surface area contributed by atoms with Gasteiger partial charge in [-0.2, -0.15) is 0 Å². The summed E-state index contributed by atoms with van der Waals surface area (Å²) in [5.41, 5.74) is 5.96. The Bertz CT molecular complexity index is 689. The molecule has 0 heterocycles. The van der Waals surface area contributed by atoms with Crippen molar-refractivity contribution in [2.24, 2.45) is 0 Å². The number of aryl methyl sites for hydroxylation is 1. The summed E-state index contributed by atoms with van der Waals surface area (Å²) in [5.74, 6) is -0.748. The molecule has 0 atom stereocenters. The van der Waals surface area contributed by atoms with Crippen LogP contribution in [0.2, 0.25) is 10.0 Å². The van der Waals surface area contributed by atoms with Crippen LogP contribution in [0.3, 0.4) is 0 Å². The van der Waals surface area contributed by atoms with Crippen molar-refractivity contribution in [3.63, 3.8) is 0 Å². The maximum absolute atomic E-state index is 11.9. The van der Waals surface area contributed by atoms with Crippen LogP contribution in [0.5, 0.6) is 0 Å². The minimum Gasteiger partial charge on any atom is -0.273 e. The molecular formula is C16H14Cl2N2O2. The van der Waals surface area contributed by atoms with Crippen LogP contribution in [0, 0.1) is 0 Å². The van der Waals surface area contributed by atoms with Gasteiger partial charge in [-0.15, -0.1) is 0 Å². The smallest absolute Gasteiger partial charge is 0.271 e. The van der Waals surface area contributed by atoms with Crippen molar-refractivity contribution in [3.8, 4) is 0 Å². The Labute approximate surface area is 138 Å². The molecule has 0 saturated carbocycles. The molecule has 0 radical (unpaired) electrons. The summed E-state index contributed by atoms with van der Waals surface area (Å²) < 4.78 is 0. The zero-order chi connectivity index (χ0) is 15.9. The first kappa shape index (κ1) is 16.3. The molecule has 0 saturated heterocycles. The van der Waals surface area contributed by atoms with Crippen LogP contribution in [0.15, 0.2) is 48.5 Å². The summed E-state index contributed by atoms with van der Waals surface area (Å²) in [4.78, 5) is 23.6.